The van der Waals surface area contributed by atoms with E-state index in [0.717, 1.165) is 17.0 Å². The molecule has 3 unspecified atom stereocenters. The molecule has 4 fully saturated rings. The molecule has 1 amide bonds. The van der Waals surface area contributed by atoms with Crippen LogP contribution in [0, 0.1) is 46.8 Å². The maximum absolute atomic E-state index is 14.9. The number of amides is 1. The number of ketones is 3. The Bertz CT molecular complexity index is 2730. The molecule has 8 aliphatic heterocycles. The Morgan fingerprint density at radius 1 is 0.833 bits per heavy atom. The van der Waals surface area contributed by atoms with Crippen LogP contribution in [0.2, 0.25) is 0 Å². The van der Waals surface area contributed by atoms with E-state index in [-0.39, 0.29) is 54.8 Å². The van der Waals surface area contributed by atoms with E-state index in [1.807, 2.05) is 93.4 Å². The molecule has 9 heterocycles. The van der Waals surface area contributed by atoms with Crippen molar-refractivity contribution in [2.45, 2.75) is 199 Å². The summed E-state index contributed by atoms with van der Waals surface area (Å²) in [5.41, 5.74) is 1.88. The average Bonchev–Trinajstić information content (AvgIpc) is 2.15. The number of anilines is 1. The van der Waals surface area contributed by atoms with Gasteiger partial charge in [0.1, 0.15) is 42.3 Å². The lowest BCUT2D eigenvalue weighted by atomic mass is 9.68. The maximum Gasteiger partial charge on any atom is 0.329 e. The Labute approximate surface area is 496 Å². The summed E-state index contributed by atoms with van der Waals surface area (Å²) in [5, 5.41) is 26.1. The van der Waals surface area contributed by atoms with Gasteiger partial charge in [-0.25, -0.2) is 9.86 Å². The molecule has 8 bridgehead atoms. The van der Waals surface area contributed by atoms with Crippen molar-refractivity contribution < 1.29 is 72.2 Å². The van der Waals surface area contributed by atoms with Gasteiger partial charge in [0.05, 0.1) is 35.5 Å². The van der Waals surface area contributed by atoms with Crippen LogP contribution in [0.1, 0.15) is 132 Å². The summed E-state index contributed by atoms with van der Waals surface area (Å²) in [6, 6.07) is 13.8. The van der Waals surface area contributed by atoms with E-state index < -0.39 is 113 Å². The first-order valence-electron chi connectivity index (χ1n) is 30.4. The lowest BCUT2D eigenvalue weighted by Gasteiger charge is -2.50. The van der Waals surface area contributed by atoms with Crippen LogP contribution in [-0.4, -0.2) is 150 Å². The minimum absolute atomic E-state index is 0.0475. The Balaban J connectivity index is 1.10. The molecule has 1 aliphatic carbocycles. The molecular formula is C66H91N3O15. The highest BCUT2D eigenvalue weighted by Crippen LogP contribution is 2.46. The molecule has 1 saturated carbocycles. The zero-order valence-electron chi connectivity index (χ0n) is 51.1. The number of rotatable bonds is 10. The fourth-order valence-electron chi connectivity index (χ4n) is 14.0. The second-order valence-corrected chi connectivity index (χ2v) is 25.6. The van der Waals surface area contributed by atoms with Gasteiger partial charge < -0.3 is 43.5 Å². The third-order valence-corrected chi connectivity index (χ3v) is 19.1. The highest BCUT2D eigenvalue weighted by atomic mass is 16.7. The number of esters is 2. The number of methoxy groups -OCH3 is 3. The molecule has 0 radical (unpaired) electrons. The van der Waals surface area contributed by atoms with E-state index >= 15 is 0 Å². The second kappa shape index (κ2) is 27.9. The molecular weight excluding hydrogens is 1070 g/mol. The first-order chi connectivity index (χ1) is 40.0. The molecule has 84 heavy (non-hydrogen) atoms. The number of benzene rings is 1. The first kappa shape index (κ1) is 64.5. The number of aliphatic hydroxyl groups is 2. The molecule has 18 atom stereocenters. The number of hydrogen-bond acceptors (Lipinski definition) is 17. The minimum Gasteiger partial charge on any atom is -0.460 e. The quantitative estimate of drug-likeness (QED) is 0.130. The predicted octanol–water partition coefficient (Wildman–Crippen LogP) is 8.25. The summed E-state index contributed by atoms with van der Waals surface area (Å²) in [7, 11) is 4.55. The van der Waals surface area contributed by atoms with Crippen molar-refractivity contribution in [2.24, 2.45) is 46.8 Å². The van der Waals surface area contributed by atoms with Gasteiger partial charge in [-0.3, -0.25) is 33.8 Å². The second-order valence-electron chi connectivity index (χ2n) is 25.6. The van der Waals surface area contributed by atoms with Gasteiger partial charge in [0.15, 0.2) is 5.78 Å². The summed E-state index contributed by atoms with van der Waals surface area (Å²) in [6.45, 7) is 14.5. The molecule has 9 aliphatic rings. The highest BCUT2D eigenvalue weighted by Gasteiger charge is 2.57. The van der Waals surface area contributed by atoms with E-state index in [2.05, 4.69) is 18.0 Å². The molecule has 1 aromatic carbocycles. The average molecular weight is 1170 g/mol. The number of para-hydroxylation sites is 1. The van der Waals surface area contributed by atoms with E-state index in [9.17, 15) is 39.0 Å². The molecule has 460 valence electrons. The van der Waals surface area contributed by atoms with Crippen molar-refractivity contribution >= 4 is 40.9 Å². The van der Waals surface area contributed by atoms with Crippen LogP contribution in [0.4, 0.5) is 5.69 Å². The Kier molecular flexibility index (Phi) is 21.4. The zero-order valence-corrected chi connectivity index (χ0v) is 51.1. The number of aromatic nitrogens is 1. The third kappa shape index (κ3) is 14.5. The number of carbonyl (C=O) groups excluding carboxylic acids is 6. The van der Waals surface area contributed by atoms with Crippen molar-refractivity contribution in [3.8, 4) is 0 Å². The van der Waals surface area contributed by atoms with E-state index in [1.54, 1.807) is 47.3 Å². The van der Waals surface area contributed by atoms with E-state index in [4.69, 9.17) is 33.3 Å². The van der Waals surface area contributed by atoms with Gasteiger partial charge in [0, 0.05) is 82.7 Å². The minimum atomic E-state index is -2.51. The number of carbonyl (C=O) groups is 6. The maximum atomic E-state index is 14.9. The highest BCUT2D eigenvalue weighted by molar-refractivity contribution is 6.39. The van der Waals surface area contributed by atoms with Crippen LogP contribution in [0.15, 0.2) is 90.2 Å². The van der Waals surface area contributed by atoms with E-state index in [1.165, 1.54) is 12.0 Å². The number of aliphatic hydroxyl groups excluding tert-OH is 1. The molecule has 3 saturated heterocycles. The molecule has 18 heteroatoms. The van der Waals surface area contributed by atoms with Crippen molar-refractivity contribution in [2.75, 3.05) is 32.9 Å². The van der Waals surface area contributed by atoms with Crippen LogP contribution in [-0.2, 0) is 68.4 Å². The van der Waals surface area contributed by atoms with Gasteiger partial charge in [0.25, 0.3) is 11.7 Å². The largest absolute Gasteiger partial charge is 0.460 e. The Hall–Kier alpha value is -5.47. The SMILES string of the molecule is CO[C@H]1C[C@@H]2CC[C@@H](C)[C@@](O)(O2)C(=O)C(=O)N2CCCC3[C@H]2C(=O)O[C@@H](CC(=O)[C@H](C)/C=C(\C)[C@@H](O)[C@@H](OC)C(=O)[C@H](C)C[C@H](C)C2C=CC(C=C1C)ON2c1ccccc1)[C@H]3C[C@@H]1CC[C@@H](OC(=O)C(C)(C)Cc2ccccn2)[C@H](OC)C1. The summed E-state index contributed by atoms with van der Waals surface area (Å²) in [5.74, 6) is -9.73. The lowest BCUT2D eigenvalue weighted by Crippen LogP contribution is -2.65. The van der Waals surface area contributed by atoms with Crippen molar-refractivity contribution in [1.29, 1.82) is 0 Å². The van der Waals surface area contributed by atoms with Crippen LogP contribution in [0.3, 0.4) is 0 Å². The smallest absolute Gasteiger partial charge is 0.329 e. The fourth-order valence-corrected chi connectivity index (χ4v) is 14.0. The van der Waals surface area contributed by atoms with Crippen molar-refractivity contribution in [1.82, 2.24) is 9.88 Å². The number of hydroxylamine groups is 1. The lowest BCUT2D eigenvalue weighted by molar-refractivity contribution is -0.266. The number of pyridine rings is 1. The number of nitrogens with zero attached hydrogens (tertiary/aromatic N) is 3. The monoisotopic (exact) mass is 1170 g/mol. The van der Waals surface area contributed by atoms with Gasteiger partial charge in [-0.1, -0.05) is 70.2 Å². The number of ether oxygens (including phenoxy) is 6. The predicted molar refractivity (Wildman–Crippen MR) is 312 cm³/mol. The van der Waals surface area contributed by atoms with Crippen LogP contribution < -0.4 is 5.06 Å². The van der Waals surface area contributed by atoms with Gasteiger partial charge in [-0.2, -0.15) is 0 Å². The standard InChI is InChI=1S/C66H91N3O15/c1-38-30-41(4)58(71)60(80-11)59(72)42(5)31-39(2)52(70)36-55-50(33-44-23-27-53(56(34-44)79-10)82-64(76)65(7,8)37-45-18-15-16-28-67-45)49-21-17-29-68(57(49)63(75)81-55)62(74)61(73)66(77)43(6)22-24-47(83-66)35-54(78-9)40(3)32-48-25-26-51(38)69(84-48)46-19-13-12-14-20-46/h12-16,18-20,25-26,28,31-32,38-39,41,43-44,47-51,53-57,59-60,72,77H,17,21-24,27,29-30,33-37H2,1-11H3/b40-32?,42-31+/t38-,39+,41+,43+,44-,47-,48?,49?,50-,51?,53+,54-,55-,56+,57-,59+,60-,66+/m0/s1. The van der Waals surface area contributed by atoms with Gasteiger partial charge >= 0.3 is 11.9 Å². The molecule has 0 spiro atoms. The topological polar surface area (TPSA) is 227 Å². The van der Waals surface area contributed by atoms with Crippen LogP contribution in [0.25, 0.3) is 0 Å². The van der Waals surface area contributed by atoms with Crippen LogP contribution >= 0.6 is 0 Å². The third-order valence-electron chi connectivity index (χ3n) is 19.1. The van der Waals surface area contributed by atoms with Gasteiger partial charge in [-0.15, -0.1) is 0 Å². The zero-order chi connectivity index (χ0) is 60.8. The number of allylic oxidation sites excluding steroid dienone is 1. The first-order valence-corrected chi connectivity index (χ1v) is 30.4. The summed E-state index contributed by atoms with van der Waals surface area (Å²) < 4.78 is 36.7. The number of piperidine rings is 1. The summed E-state index contributed by atoms with van der Waals surface area (Å²) in [6.07, 6.45) is 7.65. The van der Waals surface area contributed by atoms with Gasteiger partial charge in [-0.05, 0) is 145 Å². The van der Waals surface area contributed by atoms with Crippen molar-refractivity contribution in [3.05, 3.63) is 95.9 Å². The molecule has 1 aromatic heterocycles. The Morgan fingerprint density at radius 3 is 2.26 bits per heavy atom. The van der Waals surface area contributed by atoms with Crippen molar-refractivity contribution in [3.63, 3.8) is 0 Å². The normalized spacial score (nSPS) is 36.9. The molecule has 18 nitrogen and oxygen atoms in total. The Morgan fingerprint density at radius 2 is 1.57 bits per heavy atom. The molecule has 11 rings (SSSR count). The number of hydrogen-bond donors (Lipinski definition) is 2. The van der Waals surface area contributed by atoms with Crippen LogP contribution in [0.5, 0.6) is 0 Å². The van der Waals surface area contributed by atoms with E-state index in [0.29, 0.717) is 69.8 Å². The molecule has 2 aromatic rings. The number of Topliss-reactive ketones (excluding diaryl/α,β-unsaturated/α-hetero) is 3. The van der Waals surface area contributed by atoms with Gasteiger partial charge in [0.2, 0.25) is 5.79 Å². The summed E-state index contributed by atoms with van der Waals surface area (Å²) in [4.78, 5) is 99.4. The summed E-state index contributed by atoms with van der Waals surface area (Å²) >= 11 is 0. The fraction of sp³-hybridized carbons (Fsp3) is 0.652. The molecule has 2 N–H and O–H groups in total.